The Labute approximate surface area is 122 Å². The monoisotopic (exact) mass is 284 g/mol. The smallest absolute Gasteiger partial charge is 0.376 e. The SMILES string of the molecule is CO/C=C/C1CN(B(C)O)C1.COC1CN(B(C)O)C1. The van der Waals surface area contributed by atoms with Crippen molar-refractivity contribution in [1.29, 1.82) is 0 Å². The van der Waals surface area contributed by atoms with Gasteiger partial charge in [0.2, 0.25) is 0 Å². The van der Waals surface area contributed by atoms with Crippen LogP contribution >= 0.6 is 0 Å². The normalized spacial score (nSPS) is 20.9. The zero-order valence-electron chi connectivity index (χ0n) is 12.9. The Morgan fingerprint density at radius 2 is 1.50 bits per heavy atom. The van der Waals surface area contributed by atoms with Gasteiger partial charge in [-0.1, -0.05) is 0 Å². The molecule has 0 amide bonds. The molecule has 0 aromatic carbocycles. The minimum absolute atomic E-state index is 0.304. The molecule has 0 aromatic heterocycles. The van der Waals surface area contributed by atoms with Crippen LogP contribution in [-0.4, -0.2) is 80.3 Å². The molecule has 2 heterocycles. The average molecular weight is 284 g/mol. The fourth-order valence-corrected chi connectivity index (χ4v) is 2.09. The maximum absolute atomic E-state index is 9.09. The van der Waals surface area contributed by atoms with Crippen LogP contribution in [0.1, 0.15) is 0 Å². The maximum atomic E-state index is 9.09. The quantitative estimate of drug-likeness (QED) is 0.530. The van der Waals surface area contributed by atoms with Crippen molar-refractivity contribution in [2.75, 3.05) is 40.4 Å². The van der Waals surface area contributed by atoms with E-state index in [0.717, 1.165) is 26.2 Å². The Bertz CT molecular complexity index is 293. The summed E-state index contributed by atoms with van der Waals surface area (Å²) in [6.07, 6.45) is 4.07. The van der Waals surface area contributed by atoms with Crippen LogP contribution in [0.3, 0.4) is 0 Å². The van der Waals surface area contributed by atoms with E-state index in [4.69, 9.17) is 19.5 Å². The molecule has 2 saturated heterocycles. The number of nitrogens with zero attached hydrogens (tertiary/aromatic N) is 2. The molecule has 0 bridgehead atoms. The predicted molar refractivity (Wildman–Crippen MR) is 81.3 cm³/mol. The summed E-state index contributed by atoms with van der Waals surface area (Å²) in [6, 6.07) is 0. The Balaban J connectivity index is 0.000000204. The molecule has 0 radical (unpaired) electrons. The Morgan fingerprint density at radius 1 is 1.00 bits per heavy atom. The fourth-order valence-electron chi connectivity index (χ4n) is 2.09. The summed E-state index contributed by atoms with van der Waals surface area (Å²) < 4.78 is 9.80. The van der Waals surface area contributed by atoms with Gasteiger partial charge in [0.15, 0.2) is 0 Å². The summed E-state index contributed by atoms with van der Waals surface area (Å²) in [7, 11) is 2.73. The van der Waals surface area contributed by atoms with E-state index in [2.05, 4.69) is 0 Å². The van der Waals surface area contributed by atoms with Crippen molar-refractivity contribution in [2.45, 2.75) is 19.8 Å². The van der Waals surface area contributed by atoms with E-state index in [1.165, 1.54) is 0 Å². The highest BCUT2D eigenvalue weighted by atomic mass is 16.5. The molecule has 2 fully saturated rings. The van der Waals surface area contributed by atoms with Crippen molar-refractivity contribution >= 4 is 14.1 Å². The van der Waals surface area contributed by atoms with Crippen LogP contribution < -0.4 is 0 Å². The second kappa shape index (κ2) is 8.69. The summed E-state index contributed by atoms with van der Waals surface area (Å²) in [4.78, 5) is 3.96. The summed E-state index contributed by atoms with van der Waals surface area (Å²) in [6.45, 7) is 7.18. The molecule has 0 aliphatic carbocycles. The summed E-state index contributed by atoms with van der Waals surface area (Å²) >= 11 is 0. The second-order valence-corrected chi connectivity index (χ2v) is 5.35. The summed E-state index contributed by atoms with van der Waals surface area (Å²) in [5, 5.41) is 18.0. The van der Waals surface area contributed by atoms with Gasteiger partial charge in [0.1, 0.15) is 0 Å². The Hall–Kier alpha value is -0.530. The van der Waals surface area contributed by atoms with Gasteiger partial charge in [0.25, 0.3) is 0 Å². The molecule has 20 heavy (non-hydrogen) atoms. The van der Waals surface area contributed by atoms with E-state index in [-0.39, 0.29) is 14.1 Å². The van der Waals surface area contributed by atoms with Crippen LogP contribution in [0.4, 0.5) is 0 Å². The molecule has 8 heteroatoms. The Kier molecular flexibility index (Phi) is 7.61. The van der Waals surface area contributed by atoms with E-state index < -0.39 is 0 Å². The highest BCUT2D eigenvalue weighted by molar-refractivity contribution is 6.45. The predicted octanol–water partition coefficient (Wildman–Crippen LogP) is -0.384. The van der Waals surface area contributed by atoms with E-state index in [9.17, 15) is 0 Å². The van der Waals surface area contributed by atoms with Crippen molar-refractivity contribution in [3.05, 3.63) is 12.3 Å². The van der Waals surface area contributed by atoms with Gasteiger partial charge < -0.3 is 29.1 Å². The van der Waals surface area contributed by atoms with Crippen LogP contribution in [0.2, 0.25) is 13.6 Å². The minimum atomic E-state index is -0.309. The molecule has 2 rings (SSSR count). The lowest BCUT2D eigenvalue weighted by molar-refractivity contribution is 0.00389. The van der Waals surface area contributed by atoms with Gasteiger partial charge in [-0.15, -0.1) is 0 Å². The lowest BCUT2D eigenvalue weighted by Crippen LogP contribution is -2.57. The van der Waals surface area contributed by atoms with Crippen molar-refractivity contribution < 1.29 is 19.5 Å². The van der Waals surface area contributed by atoms with Gasteiger partial charge >= 0.3 is 14.1 Å². The Morgan fingerprint density at radius 3 is 1.90 bits per heavy atom. The zero-order valence-corrected chi connectivity index (χ0v) is 12.9. The maximum Gasteiger partial charge on any atom is 0.376 e. The zero-order chi connectivity index (χ0) is 15.1. The average Bonchev–Trinajstić information content (AvgIpc) is 2.25. The van der Waals surface area contributed by atoms with E-state index in [0.29, 0.717) is 12.0 Å². The first-order chi connectivity index (χ1) is 9.47. The summed E-state index contributed by atoms with van der Waals surface area (Å²) in [5.41, 5.74) is 0. The molecule has 2 aliphatic heterocycles. The number of hydrogen-bond acceptors (Lipinski definition) is 6. The first kappa shape index (κ1) is 17.5. The fraction of sp³-hybridized carbons (Fsp3) is 0.833. The first-order valence-corrected chi connectivity index (χ1v) is 7.04. The summed E-state index contributed by atoms with van der Waals surface area (Å²) in [5.74, 6) is 0.560. The molecule has 6 nitrogen and oxygen atoms in total. The number of hydrogen-bond donors (Lipinski definition) is 2. The van der Waals surface area contributed by atoms with Gasteiger partial charge in [-0.3, -0.25) is 0 Å². The van der Waals surface area contributed by atoms with Crippen LogP contribution in [0.15, 0.2) is 12.3 Å². The van der Waals surface area contributed by atoms with Gasteiger partial charge in [-0.05, 0) is 32.8 Å². The molecule has 0 saturated carbocycles. The molecule has 0 aromatic rings. The molecular weight excluding hydrogens is 258 g/mol. The molecule has 2 N–H and O–H groups in total. The van der Waals surface area contributed by atoms with Gasteiger partial charge in [-0.2, -0.15) is 0 Å². The van der Waals surface area contributed by atoms with Crippen molar-refractivity contribution in [2.24, 2.45) is 5.92 Å². The number of ether oxygens (including phenoxy) is 2. The second-order valence-electron chi connectivity index (χ2n) is 5.35. The minimum Gasteiger partial charge on any atom is -0.505 e. The van der Waals surface area contributed by atoms with Crippen LogP contribution in [0.5, 0.6) is 0 Å². The molecule has 0 atom stereocenters. The van der Waals surface area contributed by atoms with Gasteiger partial charge in [0.05, 0.1) is 19.5 Å². The lowest BCUT2D eigenvalue weighted by Gasteiger charge is -2.38. The van der Waals surface area contributed by atoms with Crippen LogP contribution in [0, 0.1) is 5.92 Å². The lowest BCUT2D eigenvalue weighted by atomic mass is 9.78. The van der Waals surface area contributed by atoms with Crippen LogP contribution in [0.25, 0.3) is 0 Å². The number of rotatable bonds is 5. The highest BCUT2D eigenvalue weighted by Gasteiger charge is 2.31. The van der Waals surface area contributed by atoms with E-state index >= 15 is 0 Å². The van der Waals surface area contributed by atoms with Crippen molar-refractivity contribution in [1.82, 2.24) is 9.62 Å². The van der Waals surface area contributed by atoms with Crippen molar-refractivity contribution in [3.8, 4) is 0 Å². The molecule has 2 aliphatic rings. The number of methoxy groups -OCH3 is 2. The standard InChI is InChI=1S/C7H14BNO2.C5H12BNO2/c1-8(10)9-5-7(6-9)3-4-11-2;1-6(8)7-3-5(4-7)9-2/h3-4,7,10H,5-6H2,1-2H3;5,8H,3-4H2,1-2H3/b4-3+;. The van der Waals surface area contributed by atoms with Gasteiger partial charge in [0, 0.05) is 26.1 Å². The third kappa shape index (κ3) is 5.46. The van der Waals surface area contributed by atoms with E-state index in [1.807, 2.05) is 15.7 Å². The van der Waals surface area contributed by atoms with E-state index in [1.54, 1.807) is 34.1 Å². The third-order valence-electron chi connectivity index (χ3n) is 3.69. The highest BCUT2D eigenvalue weighted by Crippen LogP contribution is 2.16. The van der Waals surface area contributed by atoms with Crippen LogP contribution in [-0.2, 0) is 9.47 Å². The topological polar surface area (TPSA) is 65.4 Å². The van der Waals surface area contributed by atoms with Gasteiger partial charge in [-0.25, -0.2) is 0 Å². The first-order valence-electron chi connectivity index (χ1n) is 7.04. The largest absolute Gasteiger partial charge is 0.505 e. The third-order valence-corrected chi connectivity index (χ3v) is 3.69. The van der Waals surface area contributed by atoms with Crippen molar-refractivity contribution in [3.63, 3.8) is 0 Å². The molecule has 0 spiro atoms. The molecule has 114 valence electrons. The molecule has 0 unspecified atom stereocenters. The molecular formula is C12H26B2N2O4.